The highest BCUT2D eigenvalue weighted by atomic mass is 32.1. The van der Waals surface area contributed by atoms with Gasteiger partial charge in [-0.1, -0.05) is 0 Å². The van der Waals surface area contributed by atoms with Crippen LogP contribution < -0.4 is 10.6 Å². The molecule has 10 heteroatoms. The van der Waals surface area contributed by atoms with E-state index in [1.807, 2.05) is 0 Å². The van der Waals surface area contributed by atoms with E-state index in [0.29, 0.717) is 10.4 Å². The zero-order chi connectivity index (χ0) is 22.1. The van der Waals surface area contributed by atoms with Gasteiger partial charge in [0.2, 0.25) is 0 Å². The van der Waals surface area contributed by atoms with Crippen LogP contribution in [-0.2, 0) is 5.92 Å². The fourth-order valence-electron chi connectivity index (χ4n) is 2.54. The first-order valence-electron chi connectivity index (χ1n) is 8.74. The number of thiazole rings is 1. The van der Waals surface area contributed by atoms with Gasteiger partial charge in [0.1, 0.15) is 16.5 Å². The summed E-state index contributed by atoms with van der Waals surface area (Å²) in [6.07, 6.45) is 2.36. The molecule has 0 saturated heterocycles. The molecule has 2 heterocycles. The molecule has 2 amide bonds. The van der Waals surface area contributed by atoms with Gasteiger partial charge in [0.15, 0.2) is 0 Å². The molecule has 1 aromatic carbocycles. The van der Waals surface area contributed by atoms with Crippen LogP contribution in [0.15, 0.2) is 36.7 Å². The molecule has 2 N–H and O–H groups in total. The summed E-state index contributed by atoms with van der Waals surface area (Å²) in [5.41, 5.74) is 0.0335. The zero-order valence-electron chi connectivity index (χ0n) is 16.2. The van der Waals surface area contributed by atoms with Gasteiger partial charge in [-0.2, -0.15) is 0 Å². The van der Waals surface area contributed by atoms with E-state index in [4.69, 9.17) is 0 Å². The number of rotatable bonds is 5. The molecule has 0 radical (unpaired) electrons. The van der Waals surface area contributed by atoms with Crippen LogP contribution in [0.4, 0.5) is 24.7 Å². The highest BCUT2D eigenvalue weighted by Gasteiger charge is 2.24. The summed E-state index contributed by atoms with van der Waals surface area (Å²) in [5.74, 6) is -5.14. The second-order valence-electron chi connectivity index (χ2n) is 6.62. The lowest BCUT2D eigenvalue weighted by molar-refractivity contribution is 0.0171. The highest BCUT2D eigenvalue weighted by molar-refractivity contribution is 7.13. The van der Waals surface area contributed by atoms with Crippen molar-refractivity contribution in [3.63, 3.8) is 0 Å². The number of aromatic nitrogens is 2. The van der Waals surface area contributed by atoms with E-state index < -0.39 is 23.6 Å². The third kappa shape index (κ3) is 4.82. The molecule has 0 aliphatic carbocycles. The molecular weight excluding hydrogens is 417 g/mol. The first kappa shape index (κ1) is 21.4. The number of aryl methyl sites for hydroxylation is 2. The van der Waals surface area contributed by atoms with E-state index in [9.17, 15) is 22.8 Å². The van der Waals surface area contributed by atoms with Crippen LogP contribution in [0.3, 0.4) is 0 Å². The average Bonchev–Trinajstić information content (AvgIpc) is 3.10. The van der Waals surface area contributed by atoms with E-state index in [1.54, 1.807) is 13.8 Å². The maximum atomic E-state index is 14.4. The number of carbonyl (C=O) groups is 2. The van der Waals surface area contributed by atoms with Crippen molar-refractivity contribution in [2.24, 2.45) is 0 Å². The topological polar surface area (TPSA) is 84.0 Å². The Morgan fingerprint density at radius 2 is 1.77 bits per heavy atom. The molecule has 0 saturated carbocycles. The number of amides is 2. The van der Waals surface area contributed by atoms with Crippen LogP contribution >= 0.6 is 11.3 Å². The molecule has 0 unspecified atom stereocenters. The highest BCUT2D eigenvalue weighted by Crippen LogP contribution is 2.27. The SMILES string of the molecule is Cc1ncc(C(=O)Nc2cc(C(=O)Nc3ccc(C(C)(F)F)cn3)c(F)cc2C)s1. The lowest BCUT2D eigenvalue weighted by atomic mass is 10.1. The van der Waals surface area contributed by atoms with E-state index >= 15 is 0 Å². The number of hydrogen-bond acceptors (Lipinski definition) is 5. The summed E-state index contributed by atoms with van der Waals surface area (Å²) in [6, 6.07) is 4.65. The Labute approximate surface area is 174 Å². The van der Waals surface area contributed by atoms with Crippen molar-refractivity contribution in [1.82, 2.24) is 9.97 Å². The molecule has 0 aliphatic heterocycles. The standard InChI is InChI=1S/C20H17F3N4O2S/c1-10-6-14(21)13(7-15(10)26-19(29)16-9-24-11(2)30-16)18(28)27-17-5-4-12(8-25-17)20(3,22)23/h4-9H,1-3H3,(H,26,29)(H,25,27,28). The van der Waals surface area contributed by atoms with Gasteiger partial charge in [-0.25, -0.2) is 23.1 Å². The van der Waals surface area contributed by atoms with Gasteiger partial charge in [0, 0.05) is 24.4 Å². The van der Waals surface area contributed by atoms with E-state index in [0.717, 1.165) is 30.3 Å². The van der Waals surface area contributed by atoms with Crippen LogP contribution in [0.5, 0.6) is 0 Å². The number of anilines is 2. The minimum absolute atomic E-state index is 0.0151. The van der Waals surface area contributed by atoms with Crippen molar-refractivity contribution >= 4 is 34.7 Å². The van der Waals surface area contributed by atoms with Gasteiger partial charge in [0.25, 0.3) is 17.7 Å². The normalized spacial score (nSPS) is 11.3. The molecule has 3 rings (SSSR count). The average molecular weight is 434 g/mol. The summed E-state index contributed by atoms with van der Waals surface area (Å²) in [6.45, 7) is 4.08. The van der Waals surface area contributed by atoms with Crippen LogP contribution in [0.1, 0.15) is 43.1 Å². The van der Waals surface area contributed by atoms with Crippen molar-refractivity contribution in [1.29, 1.82) is 0 Å². The Bertz CT molecular complexity index is 1110. The van der Waals surface area contributed by atoms with Gasteiger partial charge in [0.05, 0.1) is 16.8 Å². The molecule has 6 nitrogen and oxygen atoms in total. The second kappa shape index (κ2) is 8.23. The molecule has 0 spiro atoms. The zero-order valence-corrected chi connectivity index (χ0v) is 17.0. The Morgan fingerprint density at radius 1 is 1.03 bits per heavy atom. The quantitative estimate of drug-likeness (QED) is 0.598. The molecule has 0 bridgehead atoms. The van der Waals surface area contributed by atoms with Crippen molar-refractivity contribution < 1.29 is 22.8 Å². The van der Waals surface area contributed by atoms with Crippen molar-refractivity contribution in [2.75, 3.05) is 10.6 Å². The first-order valence-corrected chi connectivity index (χ1v) is 9.56. The maximum Gasteiger partial charge on any atom is 0.272 e. The smallest absolute Gasteiger partial charge is 0.272 e. The van der Waals surface area contributed by atoms with E-state index in [1.165, 1.54) is 29.7 Å². The fraction of sp³-hybridized carbons (Fsp3) is 0.200. The summed E-state index contributed by atoms with van der Waals surface area (Å²) in [5, 5.41) is 5.71. The Kier molecular flexibility index (Phi) is 5.88. The molecule has 30 heavy (non-hydrogen) atoms. The van der Waals surface area contributed by atoms with Crippen molar-refractivity contribution in [3.8, 4) is 0 Å². The Balaban J connectivity index is 1.80. The van der Waals surface area contributed by atoms with Crippen LogP contribution in [0.25, 0.3) is 0 Å². The Hall–Kier alpha value is -3.27. The molecule has 0 aliphatic rings. The summed E-state index contributed by atoms with van der Waals surface area (Å²) in [7, 11) is 0. The number of halogens is 3. The predicted octanol–water partition coefficient (Wildman–Crippen LogP) is 4.91. The van der Waals surface area contributed by atoms with Crippen molar-refractivity contribution in [2.45, 2.75) is 26.7 Å². The van der Waals surface area contributed by atoms with Crippen LogP contribution in [0, 0.1) is 19.7 Å². The lowest BCUT2D eigenvalue weighted by Crippen LogP contribution is -2.17. The third-order valence-electron chi connectivity index (χ3n) is 4.16. The van der Waals surface area contributed by atoms with Gasteiger partial charge in [-0.05, 0) is 43.7 Å². The number of nitrogens with one attached hydrogen (secondary N) is 2. The van der Waals surface area contributed by atoms with Crippen molar-refractivity contribution in [3.05, 3.63) is 69.1 Å². The molecule has 2 aromatic heterocycles. The molecule has 3 aromatic rings. The van der Waals surface area contributed by atoms with E-state index in [2.05, 4.69) is 20.6 Å². The first-order chi connectivity index (χ1) is 14.0. The number of nitrogens with zero attached hydrogens (tertiary/aromatic N) is 2. The minimum Gasteiger partial charge on any atom is -0.321 e. The van der Waals surface area contributed by atoms with Gasteiger partial charge in [-0.3, -0.25) is 9.59 Å². The van der Waals surface area contributed by atoms with Gasteiger partial charge < -0.3 is 10.6 Å². The summed E-state index contributed by atoms with van der Waals surface area (Å²) >= 11 is 1.20. The molecule has 0 fully saturated rings. The predicted molar refractivity (Wildman–Crippen MR) is 108 cm³/mol. The van der Waals surface area contributed by atoms with Gasteiger partial charge in [-0.15, -0.1) is 11.3 Å². The molecule has 156 valence electrons. The Morgan fingerprint density at radius 3 is 2.33 bits per heavy atom. The second-order valence-corrected chi connectivity index (χ2v) is 7.85. The van der Waals surface area contributed by atoms with Crippen LogP contribution in [-0.4, -0.2) is 21.8 Å². The summed E-state index contributed by atoms with van der Waals surface area (Å²) in [4.78, 5) is 33.0. The number of benzene rings is 1. The fourth-order valence-corrected chi connectivity index (χ4v) is 3.22. The number of alkyl halides is 2. The van der Waals surface area contributed by atoms with Crippen LogP contribution in [0.2, 0.25) is 0 Å². The minimum atomic E-state index is -3.07. The molecular formula is C20H17F3N4O2S. The lowest BCUT2D eigenvalue weighted by Gasteiger charge is -2.12. The molecule has 0 atom stereocenters. The number of hydrogen-bond donors (Lipinski definition) is 2. The third-order valence-corrected chi connectivity index (χ3v) is 5.08. The number of pyridine rings is 1. The van der Waals surface area contributed by atoms with Gasteiger partial charge >= 0.3 is 0 Å². The largest absolute Gasteiger partial charge is 0.321 e. The summed E-state index contributed by atoms with van der Waals surface area (Å²) < 4.78 is 40.9. The number of carbonyl (C=O) groups excluding carboxylic acids is 2. The monoisotopic (exact) mass is 434 g/mol. The van der Waals surface area contributed by atoms with E-state index in [-0.39, 0.29) is 22.6 Å². The maximum absolute atomic E-state index is 14.4.